The second kappa shape index (κ2) is 4.10. The Morgan fingerprint density at radius 3 is 3.00 bits per heavy atom. The Hall–Kier alpha value is -1.05. The lowest BCUT2D eigenvalue weighted by molar-refractivity contribution is 0.393. The van der Waals surface area contributed by atoms with Gasteiger partial charge in [-0.15, -0.1) is 0 Å². The molecule has 2 heteroatoms. The minimum Gasteiger partial charge on any atom is -0.376 e. The van der Waals surface area contributed by atoms with E-state index in [1.165, 1.54) is 5.70 Å². The van der Waals surface area contributed by atoms with Crippen LogP contribution in [0.1, 0.15) is 13.8 Å². The number of hydrogen-bond donors (Lipinski definition) is 0. The first-order chi connectivity index (χ1) is 5.70. The molecule has 0 amide bonds. The molecular formula is C10H16N2. The first-order valence-electron chi connectivity index (χ1n) is 4.28. The van der Waals surface area contributed by atoms with Gasteiger partial charge in [-0.2, -0.15) is 0 Å². The summed E-state index contributed by atoms with van der Waals surface area (Å²) < 4.78 is 0. The zero-order valence-electron chi connectivity index (χ0n) is 7.99. The molecule has 0 saturated heterocycles. The van der Waals surface area contributed by atoms with Gasteiger partial charge in [0.05, 0.1) is 6.04 Å². The van der Waals surface area contributed by atoms with Crippen molar-refractivity contribution in [3.8, 4) is 0 Å². The van der Waals surface area contributed by atoms with Crippen LogP contribution in [0.3, 0.4) is 0 Å². The van der Waals surface area contributed by atoms with Crippen molar-refractivity contribution in [2.75, 3.05) is 13.6 Å². The van der Waals surface area contributed by atoms with Crippen LogP contribution in [-0.2, 0) is 0 Å². The quantitative estimate of drug-likeness (QED) is 0.533. The van der Waals surface area contributed by atoms with Crippen molar-refractivity contribution in [1.29, 1.82) is 0 Å². The Morgan fingerprint density at radius 1 is 1.50 bits per heavy atom. The third kappa shape index (κ3) is 2.53. The van der Waals surface area contributed by atoms with E-state index in [4.69, 9.17) is 0 Å². The SMILES string of the molecule is C/C1=C\C=C/C=NC(C)CN1C. The molecule has 0 N–H and O–H groups in total. The molecule has 0 aromatic carbocycles. The van der Waals surface area contributed by atoms with Crippen molar-refractivity contribution >= 4 is 6.21 Å². The molecule has 0 radical (unpaired) electrons. The second-order valence-electron chi connectivity index (χ2n) is 3.22. The lowest BCUT2D eigenvalue weighted by Crippen LogP contribution is -2.24. The Morgan fingerprint density at radius 2 is 2.25 bits per heavy atom. The molecule has 1 heterocycles. The molecule has 1 rings (SSSR count). The van der Waals surface area contributed by atoms with Gasteiger partial charge in [0.1, 0.15) is 0 Å². The largest absolute Gasteiger partial charge is 0.376 e. The fourth-order valence-electron chi connectivity index (χ4n) is 1.16. The Kier molecular flexibility index (Phi) is 3.09. The molecule has 1 aliphatic heterocycles. The van der Waals surface area contributed by atoms with Gasteiger partial charge < -0.3 is 4.90 Å². The van der Waals surface area contributed by atoms with E-state index >= 15 is 0 Å². The summed E-state index contributed by atoms with van der Waals surface area (Å²) in [6, 6.07) is 0.376. The number of nitrogens with zero attached hydrogens (tertiary/aromatic N) is 2. The lowest BCUT2D eigenvalue weighted by atomic mass is 10.3. The molecule has 0 fully saturated rings. The van der Waals surface area contributed by atoms with E-state index in [1.807, 2.05) is 18.4 Å². The summed E-state index contributed by atoms with van der Waals surface area (Å²) in [5.41, 5.74) is 1.28. The summed E-state index contributed by atoms with van der Waals surface area (Å²) in [6.07, 6.45) is 7.96. The minimum absolute atomic E-state index is 0.376. The van der Waals surface area contributed by atoms with E-state index in [2.05, 4.69) is 36.9 Å². The fourth-order valence-corrected chi connectivity index (χ4v) is 1.16. The van der Waals surface area contributed by atoms with Crippen LogP contribution in [0, 0.1) is 0 Å². The highest BCUT2D eigenvalue weighted by atomic mass is 15.1. The monoisotopic (exact) mass is 164 g/mol. The van der Waals surface area contributed by atoms with Crippen molar-refractivity contribution in [3.05, 3.63) is 23.9 Å². The number of likely N-dealkylation sites (N-methyl/N-ethyl adjacent to an activating group) is 1. The molecule has 0 saturated carbocycles. The van der Waals surface area contributed by atoms with Crippen LogP contribution in [-0.4, -0.2) is 30.7 Å². The van der Waals surface area contributed by atoms with Gasteiger partial charge in [-0.25, -0.2) is 0 Å². The molecule has 1 unspecified atom stereocenters. The molecule has 1 aliphatic rings. The number of allylic oxidation sites excluding steroid dienone is 4. The van der Waals surface area contributed by atoms with E-state index in [1.54, 1.807) is 0 Å². The fraction of sp³-hybridized carbons (Fsp3) is 0.500. The van der Waals surface area contributed by atoms with E-state index in [-0.39, 0.29) is 0 Å². The summed E-state index contributed by atoms with van der Waals surface area (Å²) in [7, 11) is 2.09. The molecule has 0 bridgehead atoms. The normalized spacial score (nSPS) is 31.4. The standard InChI is InChI=1S/C10H16N2/c1-9-8-12(3)10(2)6-4-5-7-11-9/h4-7,9H,8H2,1-3H3/b5-4-,10-6+,11-7?. The molecule has 12 heavy (non-hydrogen) atoms. The highest BCUT2D eigenvalue weighted by Crippen LogP contribution is 2.04. The number of aliphatic imine (C=N–C) groups is 1. The second-order valence-corrected chi connectivity index (χ2v) is 3.22. The van der Waals surface area contributed by atoms with Gasteiger partial charge in [-0.05, 0) is 26.0 Å². The van der Waals surface area contributed by atoms with Crippen LogP contribution in [0.4, 0.5) is 0 Å². The molecule has 1 atom stereocenters. The smallest absolute Gasteiger partial charge is 0.0646 e. The minimum atomic E-state index is 0.376. The van der Waals surface area contributed by atoms with E-state index in [0.29, 0.717) is 6.04 Å². The van der Waals surface area contributed by atoms with Crippen molar-refractivity contribution in [3.63, 3.8) is 0 Å². The highest BCUT2D eigenvalue weighted by Gasteiger charge is 2.04. The average Bonchev–Trinajstić information content (AvgIpc) is 2.07. The van der Waals surface area contributed by atoms with Crippen LogP contribution in [0.15, 0.2) is 28.9 Å². The molecule has 66 valence electrons. The van der Waals surface area contributed by atoms with Gasteiger partial charge in [0.2, 0.25) is 0 Å². The maximum absolute atomic E-state index is 4.34. The molecule has 0 spiro atoms. The van der Waals surface area contributed by atoms with Crippen LogP contribution in [0.2, 0.25) is 0 Å². The zero-order valence-corrected chi connectivity index (χ0v) is 7.99. The summed E-state index contributed by atoms with van der Waals surface area (Å²) in [6.45, 7) is 5.22. The molecule has 2 nitrogen and oxygen atoms in total. The van der Waals surface area contributed by atoms with E-state index in [9.17, 15) is 0 Å². The van der Waals surface area contributed by atoms with Gasteiger partial charge in [0, 0.05) is 25.5 Å². The van der Waals surface area contributed by atoms with Crippen LogP contribution >= 0.6 is 0 Å². The van der Waals surface area contributed by atoms with Gasteiger partial charge in [-0.3, -0.25) is 4.99 Å². The topological polar surface area (TPSA) is 15.6 Å². The summed E-state index contributed by atoms with van der Waals surface area (Å²) in [5, 5.41) is 0. The predicted molar refractivity (Wildman–Crippen MR) is 53.5 cm³/mol. The lowest BCUT2D eigenvalue weighted by Gasteiger charge is -2.21. The van der Waals surface area contributed by atoms with Gasteiger partial charge in [-0.1, -0.05) is 6.08 Å². The summed E-state index contributed by atoms with van der Waals surface area (Å²) >= 11 is 0. The zero-order chi connectivity index (χ0) is 8.97. The van der Waals surface area contributed by atoms with Gasteiger partial charge >= 0.3 is 0 Å². The van der Waals surface area contributed by atoms with Crippen LogP contribution in [0.25, 0.3) is 0 Å². The molecule has 0 aromatic heterocycles. The van der Waals surface area contributed by atoms with Crippen LogP contribution in [0.5, 0.6) is 0 Å². The number of hydrogen-bond acceptors (Lipinski definition) is 2. The van der Waals surface area contributed by atoms with Gasteiger partial charge in [0.15, 0.2) is 0 Å². The Balaban J connectivity index is 2.77. The third-order valence-corrected chi connectivity index (χ3v) is 2.02. The molecule has 0 aromatic rings. The first-order valence-corrected chi connectivity index (χ1v) is 4.28. The molecular weight excluding hydrogens is 148 g/mol. The van der Waals surface area contributed by atoms with Crippen molar-refractivity contribution in [2.24, 2.45) is 4.99 Å². The predicted octanol–water partition coefficient (Wildman–Crippen LogP) is 1.85. The maximum Gasteiger partial charge on any atom is 0.0646 e. The Labute approximate surface area is 74.3 Å². The van der Waals surface area contributed by atoms with Crippen molar-refractivity contribution in [2.45, 2.75) is 19.9 Å². The Bertz CT molecular complexity index is 226. The third-order valence-electron chi connectivity index (χ3n) is 2.02. The maximum atomic E-state index is 4.34. The summed E-state index contributed by atoms with van der Waals surface area (Å²) in [5.74, 6) is 0. The van der Waals surface area contributed by atoms with Crippen molar-refractivity contribution in [1.82, 2.24) is 4.90 Å². The van der Waals surface area contributed by atoms with E-state index < -0.39 is 0 Å². The van der Waals surface area contributed by atoms with Gasteiger partial charge in [0.25, 0.3) is 0 Å². The number of rotatable bonds is 0. The highest BCUT2D eigenvalue weighted by molar-refractivity contribution is 5.71. The molecule has 0 aliphatic carbocycles. The summed E-state index contributed by atoms with van der Waals surface area (Å²) in [4.78, 5) is 6.56. The first kappa shape index (κ1) is 9.04. The average molecular weight is 164 g/mol. The van der Waals surface area contributed by atoms with E-state index in [0.717, 1.165) is 6.54 Å². The van der Waals surface area contributed by atoms with Crippen molar-refractivity contribution < 1.29 is 0 Å². The van der Waals surface area contributed by atoms with Crippen LogP contribution < -0.4 is 0 Å².